The number of hydrogen-bond donors (Lipinski definition) is 0. The molecular formula is C14H22BrN5. The summed E-state index contributed by atoms with van der Waals surface area (Å²) in [6.45, 7) is 8.62. The zero-order valence-corrected chi connectivity index (χ0v) is 14.2. The number of aromatic nitrogens is 4. The highest BCUT2D eigenvalue weighted by Gasteiger charge is 2.19. The van der Waals surface area contributed by atoms with Crippen LogP contribution in [-0.4, -0.2) is 32.8 Å². The van der Waals surface area contributed by atoms with E-state index in [1.54, 1.807) is 11.0 Å². The molecule has 0 fully saturated rings. The molecule has 20 heavy (non-hydrogen) atoms. The van der Waals surface area contributed by atoms with Crippen LogP contribution in [-0.2, 0) is 7.05 Å². The van der Waals surface area contributed by atoms with Gasteiger partial charge in [-0.25, -0.2) is 14.6 Å². The van der Waals surface area contributed by atoms with Crippen molar-refractivity contribution in [1.29, 1.82) is 0 Å². The molecule has 2 aromatic rings. The van der Waals surface area contributed by atoms with Gasteiger partial charge in [0.05, 0.1) is 5.39 Å². The lowest BCUT2D eigenvalue weighted by atomic mass is 10.0. The first-order valence-electron chi connectivity index (χ1n) is 7.20. The molecule has 0 aromatic carbocycles. The molecule has 0 saturated carbocycles. The second kappa shape index (κ2) is 6.52. The number of fused-ring (bicyclic) bond motifs is 1. The number of aryl methyl sites for hydroxylation is 1. The summed E-state index contributed by atoms with van der Waals surface area (Å²) in [6.07, 6.45) is 4.01. The Bertz CT molecular complexity index is 576. The first kappa shape index (κ1) is 15.2. The lowest BCUT2D eigenvalue weighted by molar-refractivity contribution is 0.485. The highest BCUT2D eigenvalue weighted by Crippen LogP contribution is 2.30. The highest BCUT2D eigenvalue weighted by molar-refractivity contribution is 9.10. The van der Waals surface area contributed by atoms with Crippen molar-refractivity contribution in [1.82, 2.24) is 19.7 Å². The molecule has 2 aromatic heterocycles. The van der Waals surface area contributed by atoms with Gasteiger partial charge in [-0.1, -0.05) is 26.7 Å². The van der Waals surface area contributed by atoms with Crippen LogP contribution < -0.4 is 4.90 Å². The van der Waals surface area contributed by atoms with E-state index in [0.29, 0.717) is 5.92 Å². The molecule has 0 amide bonds. The maximum Gasteiger partial charge on any atom is 0.164 e. The van der Waals surface area contributed by atoms with Gasteiger partial charge in [0.1, 0.15) is 16.7 Å². The molecule has 2 rings (SSSR count). The number of anilines is 1. The van der Waals surface area contributed by atoms with E-state index < -0.39 is 0 Å². The Morgan fingerprint density at radius 3 is 2.55 bits per heavy atom. The van der Waals surface area contributed by atoms with Crippen molar-refractivity contribution in [2.45, 2.75) is 33.6 Å². The number of hydrogen-bond acceptors (Lipinski definition) is 4. The molecule has 0 saturated heterocycles. The second-order valence-corrected chi connectivity index (χ2v) is 5.78. The fourth-order valence-corrected chi connectivity index (χ4v) is 3.08. The first-order valence-corrected chi connectivity index (χ1v) is 7.99. The van der Waals surface area contributed by atoms with Gasteiger partial charge in [0.25, 0.3) is 0 Å². The number of halogens is 1. The normalized spacial score (nSPS) is 11.5. The summed E-state index contributed by atoms with van der Waals surface area (Å²) in [5.41, 5.74) is 0.866. The van der Waals surface area contributed by atoms with E-state index in [1.165, 1.54) is 12.8 Å². The van der Waals surface area contributed by atoms with E-state index in [1.807, 2.05) is 7.05 Å². The van der Waals surface area contributed by atoms with E-state index in [9.17, 15) is 0 Å². The van der Waals surface area contributed by atoms with Crippen LogP contribution in [0.25, 0.3) is 11.0 Å². The molecule has 5 nitrogen and oxygen atoms in total. The summed E-state index contributed by atoms with van der Waals surface area (Å²) in [5.74, 6) is 1.67. The standard InChI is InChI=1S/C14H22BrN5/c1-5-10(6-2)8-20(7-3)14-11-12(15)18-19(4)13(11)16-9-17-14/h9-10H,5-8H2,1-4H3. The maximum atomic E-state index is 4.51. The minimum Gasteiger partial charge on any atom is -0.356 e. The van der Waals surface area contributed by atoms with Crippen molar-refractivity contribution in [2.75, 3.05) is 18.0 Å². The average molecular weight is 340 g/mol. The van der Waals surface area contributed by atoms with Gasteiger partial charge in [-0.2, -0.15) is 5.10 Å². The summed E-state index contributed by atoms with van der Waals surface area (Å²) in [6, 6.07) is 0. The first-order chi connectivity index (χ1) is 9.62. The predicted octanol–water partition coefficient (Wildman–Crippen LogP) is 3.39. The maximum absolute atomic E-state index is 4.51. The van der Waals surface area contributed by atoms with Crippen LogP contribution in [0.4, 0.5) is 5.82 Å². The van der Waals surface area contributed by atoms with Crippen LogP contribution in [0.3, 0.4) is 0 Å². The van der Waals surface area contributed by atoms with Crippen molar-refractivity contribution in [3.8, 4) is 0 Å². The molecule has 0 N–H and O–H groups in total. The van der Waals surface area contributed by atoms with Gasteiger partial charge in [0.15, 0.2) is 5.65 Å². The Morgan fingerprint density at radius 2 is 1.95 bits per heavy atom. The topological polar surface area (TPSA) is 46.8 Å². The van der Waals surface area contributed by atoms with Crippen LogP contribution in [0.1, 0.15) is 33.6 Å². The summed E-state index contributed by atoms with van der Waals surface area (Å²) in [7, 11) is 1.90. The minimum atomic E-state index is 0.690. The fourth-order valence-electron chi connectivity index (χ4n) is 2.49. The molecular weight excluding hydrogens is 318 g/mol. The SMILES string of the molecule is CCC(CC)CN(CC)c1ncnc2c1c(Br)nn2C. The minimum absolute atomic E-state index is 0.690. The molecule has 2 heterocycles. The van der Waals surface area contributed by atoms with E-state index in [0.717, 1.165) is 34.5 Å². The van der Waals surface area contributed by atoms with Gasteiger partial charge in [0, 0.05) is 20.1 Å². The smallest absolute Gasteiger partial charge is 0.164 e. The lowest BCUT2D eigenvalue weighted by Crippen LogP contribution is -2.30. The van der Waals surface area contributed by atoms with Gasteiger partial charge in [-0.15, -0.1) is 0 Å². The lowest BCUT2D eigenvalue weighted by Gasteiger charge is -2.26. The van der Waals surface area contributed by atoms with Crippen LogP contribution in [0.5, 0.6) is 0 Å². The molecule has 0 aliphatic heterocycles. The quantitative estimate of drug-likeness (QED) is 0.809. The van der Waals surface area contributed by atoms with Crippen molar-refractivity contribution in [3.05, 3.63) is 10.9 Å². The van der Waals surface area contributed by atoms with Gasteiger partial charge in [-0.05, 0) is 28.8 Å². The molecule has 0 spiro atoms. The van der Waals surface area contributed by atoms with Crippen LogP contribution >= 0.6 is 15.9 Å². The zero-order chi connectivity index (χ0) is 14.7. The summed E-state index contributed by atoms with van der Waals surface area (Å²) in [4.78, 5) is 11.2. The van der Waals surface area contributed by atoms with Crippen molar-refractivity contribution in [3.63, 3.8) is 0 Å². The molecule has 0 atom stereocenters. The Morgan fingerprint density at radius 1 is 1.25 bits per heavy atom. The van der Waals surface area contributed by atoms with E-state index in [4.69, 9.17) is 0 Å². The van der Waals surface area contributed by atoms with Gasteiger partial charge < -0.3 is 4.90 Å². The Balaban J connectivity index is 2.44. The number of rotatable bonds is 6. The van der Waals surface area contributed by atoms with Crippen molar-refractivity contribution >= 4 is 32.8 Å². The van der Waals surface area contributed by atoms with Crippen LogP contribution in [0, 0.1) is 5.92 Å². The van der Waals surface area contributed by atoms with Gasteiger partial charge >= 0.3 is 0 Å². The van der Waals surface area contributed by atoms with E-state index >= 15 is 0 Å². The fraction of sp³-hybridized carbons (Fsp3) is 0.643. The van der Waals surface area contributed by atoms with Gasteiger partial charge in [0.2, 0.25) is 0 Å². The molecule has 0 aliphatic rings. The monoisotopic (exact) mass is 339 g/mol. The van der Waals surface area contributed by atoms with Crippen molar-refractivity contribution < 1.29 is 0 Å². The third kappa shape index (κ3) is 2.80. The Labute approximate surface area is 128 Å². The third-order valence-corrected chi connectivity index (χ3v) is 4.43. The molecule has 6 heteroatoms. The van der Waals surface area contributed by atoms with Crippen molar-refractivity contribution in [2.24, 2.45) is 13.0 Å². The van der Waals surface area contributed by atoms with E-state index in [-0.39, 0.29) is 0 Å². The third-order valence-electron chi connectivity index (χ3n) is 3.87. The Kier molecular flexibility index (Phi) is 4.96. The van der Waals surface area contributed by atoms with Crippen LogP contribution in [0.2, 0.25) is 0 Å². The average Bonchev–Trinajstić information content (AvgIpc) is 2.76. The Hall–Kier alpha value is -1.17. The zero-order valence-electron chi connectivity index (χ0n) is 12.6. The molecule has 0 unspecified atom stereocenters. The van der Waals surface area contributed by atoms with E-state index in [2.05, 4.69) is 56.7 Å². The summed E-state index contributed by atoms with van der Waals surface area (Å²) >= 11 is 3.53. The second-order valence-electron chi connectivity index (χ2n) is 5.03. The molecule has 0 aliphatic carbocycles. The predicted molar refractivity (Wildman–Crippen MR) is 86.0 cm³/mol. The number of nitrogens with zero attached hydrogens (tertiary/aromatic N) is 5. The molecule has 0 radical (unpaired) electrons. The molecule has 110 valence electrons. The van der Waals surface area contributed by atoms with Crippen LogP contribution in [0.15, 0.2) is 10.9 Å². The largest absolute Gasteiger partial charge is 0.356 e. The van der Waals surface area contributed by atoms with Gasteiger partial charge in [-0.3, -0.25) is 0 Å². The summed E-state index contributed by atoms with van der Waals surface area (Å²) < 4.78 is 2.60. The molecule has 0 bridgehead atoms. The highest BCUT2D eigenvalue weighted by atomic mass is 79.9. The summed E-state index contributed by atoms with van der Waals surface area (Å²) in [5, 5.41) is 5.39.